The number of halogens is 1. The third-order valence-corrected chi connectivity index (χ3v) is 4.82. The van der Waals surface area contributed by atoms with E-state index in [2.05, 4.69) is 31.1 Å². The van der Waals surface area contributed by atoms with Crippen molar-refractivity contribution in [3.8, 4) is 0 Å². The number of aliphatic hydroxyl groups is 1. The summed E-state index contributed by atoms with van der Waals surface area (Å²) in [6, 6.07) is 1.34. The molecule has 1 saturated carbocycles. The van der Waals surface area contributed by atoms with E-state index in [-0.39, 0.29) is 5.54 Å². The summed E-state index contributed by atoms with van der Waals surface area (Å²) in [4.78, 5) is 3.79. The van der Waals surface area contributed by atoms with Crippen LogP contribution in [0.2, 0.25) is 0 Å². The maximum atomic E-state index is 13.1. The van der Waals surface area contributed by atoms with E-state index in [1.807, 2.05) is 0 Å². The fourth-order valence-electron chi connectivity index (χ4n) is 3.43. The largest absolute Gasteiger partial charge is 0.387 e. The third kappa shape index (κ3) is 5.33. The minimum absolute atomic E-state index is 0.0209. The van der Waals surface area contributed by atoms with Crippen LogP contribution in [0, 0.1) is 17.7 Å². The van der Waals surface area contributed by atoms with E-state index in [4.69, 9.17) is 0 Å². The summed E-state index contributed by atoms with van der Waals surface area (Å²) >= 11 is 0. The molecule has 1 aliphatic carbocycles. The zero-order valence-corrected chi connectivity index (χ0v) is 14.0. The summed E-state index contributed by atoms with van der Waals surface area (Å²) in [5, 5.41) is 13.6. The predicted octanol–water partition coefficient (Wildman–Crippen LogP) is 3.84. The van der Waals surface area contributed by atoms with E-state index in [0.29, 0.717) is 12.1 Å². The van der Waals surface area contributed by atoms with Crippen molar-refractivity contribution >= 4 is 0 Å². The normalized spacial score (nSPS) is 24.2. The Balaban J connectivity index is 1.81. The third-order valence-electron chi connectivity index (χ3n) is 4.82. The van der Waals surface area contributed by atoms with Crippen molar-refractivity contribution in [2.24, 2.45) is 11.8 Å². The lowest BCUT2D eigenvalue weighted by atomic mass is 9.77. The van der Waals surface area contributed by atoms with Gasteiger partial charge in [-0.1, -0.05) is 32.6 Å². The van der Waals surface area contributed by atoms with Crippen LogP contribution in [0.4, 0.5) is 4.39 Å². The quantitative estimate of drug-likeness (QED) is 0.839. The number of aromatic nitrogens is 1. The minimum Gasteiger partial charge on any atom is -0.387 e. The van der Waals surface area contributed by atoms with Crippen molar-refractivity contribution in [2.75, 3.05) is 6.54 Å². The first-order chi connectivity index (χ1) is 10.4. The first-order valence-corrected chi connectivity index (χ1v) is 8.39. The van der Waals surface area contributed by atoms with Crippen molar-refractivity contribution in [3.05, 3.63) is 29.8 Å². The lowest BCUT2D eigenvalue weighted by molar-refractivity contribution is 0.148. The fraction of sp³-hybridized carbons (Fsp3) is 0.722. The van der Waals surface area contributed by atoms with Crippen LogP contribution < -0.4 is 5.32 Å². The van der Waals surface area contributed by atoms with E-state index < -0.39 is 11.9 Å². The molecule has 1 heterocycles. The Morgan fingerprint density at radius 3 is 2.64 bits per heavy atom. The van der Waals surface area contributed by atoms with Crippen LogP contribution in [0.15, 0.2) is 18.5 Å². The maximum absolute atomic E-state index is 13.1. The maximum Gasteiger partial charge on any atom is 0.141 e. The van der Waals surface area contributed by atoms with Gasteiger partial charge in [0.2, 0.25) is 0 Å². The van der Waals surface area contributed by atoms with Gasteiger partial charge < -0.3 is 10.4 Å². The average molecular weight is 308 g/mol. The number of hydrogen-bond donors (Lipinski definition) is 2. The molecule has 124 valence electrons. The van der Waals surface area contributed by atoms with E-state index in [0.717, 1.165) is 24.5 Å². The van der Waals surface area contributed by atoms with Gasteiger partial charge in [0.15, 0.2) is 0 Å². The number of rotatable bonds is 6. The Morgan fingerprint density at radius 2 is 2.00 bits per heavy atom. The zero-order chi connectivity index (χ0) is 16.2. The molecule has 4 heteroatoms. The lowest BCUT2D eigenvalue weighted by Gasteiger charge is -2.35. The van der Waals surface area contributed by atoms with Crippen LogP contribution in [0.5, 0.6) is 0 Å². The highest BCUT2D eigenvalue weighted by Crippen LogP contribution is 2.33. The Bertz CT molecular complexity index is 470. The van der Waals surface area contributed by atoms with E-state index >= 15 is 0 Å². The monoisotopic (exact) mass is 308 g/mol. The van der Waals surface area contributed by atoms with Crippen LogP contribution >= 0.6 is 0 Å². The Labute approximate surface area is 133 Å². The number of pyridine rings is 1. The van der Waals surface area contributed by atoms with E-state index in [1.165, 1.54) is 37.9 Å². The van der Waals surface area contributed by atoms with Gasteiger partial charge in [-0.3, -0.25) is 4.98 Å². The van der Waals surface area contributed by atoms with Crippen LogP contribution in [0.25, 0.3) is 0 Å². The molecule has 2 rings (SSSR count). The molecule has 3 nitrogen and oxygen atoms in total. The molecule has 1 aromatic heterocycles. The van der Waals surface area contributed by atoms with Crippen LogP contribution in [-0.2, 0) is 0 Å². The number of β-amino-alcohol motifs (C(OH)–C–C–N with tert-alkyl or cyclic N) is 1. The van der Waals surface area contributed by atoms with Gasteiger partial charge in [-0.2, -0.15) is 0 Å². The lowest BCUT2D eigenvalue weighted by Crippen LogP contribution is -2.43. The molecular weight excluding hydrogens is 279 g/mol. The van der Waals surface area contributed by atoms with Gasteiger partial charge in [0.1, 0.15) is 5.82 Å². The minimum atomic E-state index is -0.728. The fourth-order valence-corrected chi connectivity index (χ4v) is 3.43. The molecular formula is C18H29FN2O. The summed E-state index contributed by atoms with van der Waals surface area (Å²) in [6.45, 7) is 7.12. The van der Waals surface area contributed by atoms with Gasteiger partial charge in [0, 0.05) is 23.8 Å². The number of nitrogens with zero attached hydrogens (tertiary/aromatic N) is 1. The molecule has 22 heavy (non-hydrogen) atoms. The van der Waals surface area contributed by atoms with E-state index in [1.54, 1.807) is 0 Å². The van der Waals surface area contributed by atoms with Gasteiger partial charge in [-0.15, -0.1) is 0 Å². The van der Waals surface area contributed by atoms with E-state index in [9.17, 15) is 9.50 Å². The second-order valence-electron chi connectivity index (χ2n) is 7.55. The highest BCUT2D eigenvalue weighted by molar-refractivity contribution is 5.13. The van der Waals surface area contributed by atoms with Crippen molar-refractivity contribution in [1.82, 2.24) is 10.3 Å². The SMILES string of the molecule is CC1CCC(CC(C)(C)NC[C@H](O)c2cncc(F)c2)CC1. The van der Waals surface area contributed by atoms with Crippen molar-refractivity contribution < 1.29 is 9.50 Å². The molecule has 0 aromatic carbocycles. The Hall–Kier alpha value is -1.00. The van der Waals surface area contributed by atoms with Gasteiger partial charge in [-0.05, 0) is 38.2 Å². The second-order valence-corrected chi connectivity index (χ2v) is 7.55. The summed E-state index contributed by atoms with van der Waals surface area (Å²) in [7, 11) is 0. The molecule has 0 unspecified atom stereocenters. The van der Waals surface area contributed by atoms with Crippen LogP contribution in [0.3, 0.4) is 0 Å². The van der Waals surface area contributed by atoms with Crippen molar-refractivity contribution in [2.45, 2.75) is 64.5 Å². The summed E-state index contributed by atoms with van der Waals surface area (Å²) in [6.07, 6.45) is 8.34. The molecule has 0 spiro atoms. The molecule has 2 N–H and O–H groups in total. The molecule has 1 aliphatic rings. The summed E-state index contributed by atoms with van der Waals surface area (Å²) < 4.78 is 13.1. The molecule has 0 saturated heterocycles. The standard InChI is InChI=1S/C18H29FN2O/c1-13-4-6-14(7-5-13)9-18(2,3)21-12-17(22)15-8-16(19)11-20-10-15/h8,10-11,13-14,17,21-22H,4-7,9,12H2,1-3H3/t13?,14?,17-/m0/s1. The molecule has 0 bridgehead atoms. The average Bonchev–Trinajstić information content (AvgIpc) is 2.47. The van der Waals surface area contributed by atoms with Gasteiger partial charge in [0.25, 0.3) is 0 Å². The van der Waals surface area contributed by atoms with Crippen LogP contribution in [0.1, 0.15) is 64.5 Å². The first-order valence-electron chi connectivity index (χ1n) is 8.39. The van der Waals surface area contributed by atoms with Gasteiger partial charge in [0.05, 0.1) is 12.3 Å². The van der Waals surface area contributed by atoms with Crippen molar-refractivity contribution in [3.63, 3.8) is 0 Å². The topological polar surface area (TPSA) is 45.1 Å². The first kappa shape index (κ1) is 17.4. The highest BCUT2D eigenvalue weighted by Gasteiger charge is 2.26. The Kier molecular flexibility index (Phi) is 5.93. The highest BCUT2D eigenvalue weighted by atomic mass is 19.1. The van der Waals surface area contributed by atoms with Gasteiger partial charge in [-0.25, -0.2) is 4.39 Å². The number of hydrogen-bond acceptors (Lipinski definition) is 3. The smallest absolute Gasteiger partial charge is 0.141 e. The summed E-state index contributed by atoms with van der Waals surface area (Å²) in [5.41, 5.74) is 0.502. The molecule has 1 atom stereocenters. The molecule has 0 radical (unpaired) electrons. The molecule has 1 aromatic rings. The van der Waals surface area contributed by atoms with Crippen molar-refractivity contribution in [1.29, 1.82) is 0 Å². The second kappa shape index (κ2) is 7.51. The van der Waals surface area contributed by atoms with Gasteiger partial charge >= 0.3 is 0 Å². The molecule has 1 fully saturated rings. The predicted molar refractivity (Wildman–Crippen MR) is 87.0 cm³/mol. The van der Waals surface area contributed by atoms with Crippen LogP contribution in [-0.4, -0.2) is 22.2 Å². The summed E-state index contributed by atoms with van der Waals surface area (Å²) in [5.74, 6) is 1.23. The zero-order valence-electron chi connectivity index (χ0n) is 14.0. The molecule has 0 aliphatic heterocycles. The molecule has 0 amide bonds. The Morgan fingerprint density at radius 1 is 1.32 bits per heavy atom. The number of nitrogens with one attached hydrogen (secondary N) is 1. The number of aliphatic hydroxyl groups excluding tert-OH is 1.